The fraction of sp³-hybridized carbons (Fsp3) is 0.294. The summed E-state index contributed by atoms with van der Waals surface area (Å²) in [4.78, 5) is 0. The summed E-state index contributed by atoms with van der Waals surface area (Å²) in [6.07, 6.45) is 0. The molecule has 0 heterocycles. The highest BCUT2D eigenvalue weighted by molar-refractivity contribution is 9.10. The molecule has 0 atom stereocenters. The fourth-order valence-electron chi connectivity index (χ4n) is 2.15. The predicted molar refractivity (Wildman–Crippen MR) is 100 cm³/mol. The molecule has 0 aliphatic carbocycles. The molecule has 0 radical (unpaired) electrons. The van der Waals surface area contributed by atoms with Crippen LogP contribution in [0.5, 0.6) is 11.5 Å². The second-order valence-corrected chi connectivity index (χ2v) is 6.68. The summed E-state index contributed by atoms with van der Waals surface area (Å²) in [6.45, 7) is 1.38. The van der Waals surface area contributed by atoms with E-state index in [-0.39, 0.29) is 13.2 Å². The Balaban J connectivity index is 2.24. The average Bonchev–Trinajstić information content (AvgIpc) is 2.56. The van der Waals surface area contributed by atoms with Crippen LogP contribution in [0.2, 0.25) is 10.0 Å². The molecule has 0 unspecified atom stereocenters. The van der Waals surface area contributed by atoms with Crippen LogP contribution in [-0.2, 0) is 13.2 Å². The molecule has 0 saturated heterocycles. The van der Waals surface area contributed by atoms with Gasteiger partial charge in [-0.15, -0.1) is 0 Å². The van der Waals surface area contributed by atoms with Crippen molar-refractivity contribution in [3.63, 3.8) is 0 Å². The van der Waals surface area contributed by atoms with Crippen LogP contribution in [0.1, 0.15) is 11.1 Å². The van der Waals surface area contributed by atoms with Gasteiger partial charge in [0.05, 0.1) is 13.7 Å². The predicted octanol–water partition coefficient (Wildman–Crippen LogP) is 4.43. The number of rotatable bonds is 8. The summed E-state index contributed by atoms with van der Waals surface area (Å²) >= 11 is 15.6. The molecule has 0 aromatic heterocycles. The lowest BCUT2D eigenvalue weighted by Crippen LogP contribution is -2.18. The minimum Gasteiger partial charge on any atom is -0.493 e. The zero-order valence-corrected chi connectivity index (χ0v) is 16.2. The number of halogens is 3. The van der Waals surface area contributed by atoms with Gasteiger partial charge in [0.25, 0.3) is 0 Å². The van der Waals surface area contributed by atoms with Crippen LogP contribution >= 0.6 is 39.1 Å². The number of benzene rings is 2. The molecule has 0 fully saturated rings. The van der Waals surface area contributed by atoms with Crippen LogP contribution in [0.15, 0.2) is 34.8 Å². The molecule has 0 saturated carbocycles. The van der Waals surface area contributed by atoms with Gasteiger partial charge in [-0.05, 0) is 24.3 Å². The Hall–Kier alpha value is -0.980. The first-order valence-corrected chi connectivity index (χ1v) is 8.85. The molecule has 2 N–H and O–H groups in total. The number of methoxy groups -OCH3 is 1. The van der Waals surface area contributed by atoms with Gasteiger partial charge in [-0.3, -0.25) is 0 Å². The first kappa shape index (κ1) is 19.3. The lowest BCUT2D eigenvalue weighted by atomic mass is 10.1. The largest absolute Gasteiger partial charge is 0.493 e. The van der Waals surface area contributed by atoms with Crippen LogP contribution < -0.4 is 14.8 Å². The van der Waals surface area contributed by atoms with Crippen molar-refractivity contribution in [2.24, 2.45) is 0 Å². The zero-order chi connectivity index (χ0) is 17.5. The van der Waals surface area contributed by atoms with Crippen molar-refractivity contribution in [3.05, 3.63) is 56.0 Å². The Morgan fingerprint density at radius 1 is 1.21 bits per heavy atom. The van der Waals surface area contributed by atoms with E-state index in [1.54, 1.807) is 19.2 Å². The molecule has 0 spiro atoms. The van der Waals surface area contributed by atoms with E-state index in [1.165, 1.54) is 0 Å². The molecule has 24 heavy (non-hydrogen) atoms. The van der Waals surface area contributed by atoms with E-state index in [0.29, 0.717) is 34.6 Å². The number of aliphatic hydroxyl groups excluding tert-OH is 1. The van der Waals surface area contributed by atoms with Crippen LogP contribution in [0.25, 0.3) is 0 Å². The highest BCUT2D eigenvalue weighted by atomic mass is 79.9. The van der Waals surface area contributed by atoms with Gasteiger partial charge < -0.3 is 19.9 Å². The number of ether oxygens (including phenoxy) is 2. The number of hydrogen-bond acceptors (Lipinski definition) is 4. The first-order chi connectivity index (χ1) is 11.6. The van der Waals surface area contributed by atoms with Gasteiger partial charge in [-0.1, -0.05) is 45.2 Å². The Morgan fingerprint density at radius 2 is 2.00 bits per heavy atom. The number of hydrogen-bond donors (Lipinski definition) is 2. The summed E-state index contributed by atoms with van der Waals surface area (Å²) in [5.74, 6) is 1.26. The van der Waals surface area contributed by atoms with E-state index in [4.69, 9.17) is 37.8 Å². The standard InChI is InChI=1S/C17H18BrCl2NO3/c1-23-16-5-4-14(18)13(9-21-6-7-22)17(16)24-10-11-2-3-12(19)8-15(11)20/h2-5,8,21-22H,6-7,9-10H2,1H3. The maximum Gasteiger partial charge on any atom is 0.167 e. The van der Waals surface area contributed by atoms with Crippen molar-refractivity contribution in [2.45, 2.75) is 13.2 Å². The summed E-state index contributed by atoms with van der Waals surface area (Å²) in [5, 5.41) is 13.2. The maximum absolute atomic E-state index is 8.93. The average molecular weight is 435 g/mol. The monoisotopic (exact) mass is 433 g/mol. The molecule has 4 nitrogen and oxygen atoms in total. The second-order valence-electron chi connectivity index (χ2n) is 4.98. The molecule has 0 aliphatic rings. The highest BCUT2D eigenvalue weighted by Gasteiger charge is 2.15. The fourth-order valence-corrected chi connectivity index (χ4v) is 3.06. The molecule has 7 heteroatoms. The van der Waals surface area contributed by atoms with Crippen LogP contribution in [0.3, 0.4) is 0 Å². The van der Waals surface area contributed by atoms with Crippen LogP contribution in [0, 0.1) is 0 Å². The topological polar surface area (TPSA) is 50.7 Å². The summed E-state index contributed by atoms with van der Waals surface area (Å²) in [6, 6.07) is 9.02. The minimum absolute atomic E-state index is 0.0676. The van der Waals surface area contributed by atoms with E-state index >= 15 is 0 Å². The third-order valence-corrected chi connectivity index (χ3v) is 4.69. The second kappa shape index (κ2) is 9.49. The number of nitrogens with one attached hydrogen (secondary N) is 1. The third kappa shape index (κ3) is 5.01. The van der Waals surface area contributed by atoms with Crippen molar-refractivity contribution in [1.82, 2.24) is 5.32 Å². The molecule has 2 aromatic carbocycles. The zero-order valence-electron chi connectivity index (χ0n) is 13.1. The maximum atomic E-state index is 8.93. The molecule has 130 valence electrons. The minimum atomic E-state index is 0.0676. The smallest absolute Gasteiger partial charge is 0.167 e. The van der Waals surface area contributed by atoms with Gasteiger partial charge >= 0.3 is 0 Å². The quantitative estimate of drug-likeness (QED) is 0.603. The number of aliphatic hydroxyl groups is 1. The molecular weight excluding hydrogens is 417 g/mol. The van der Waals surface area contributed by atoms with Crippen molar-refractivity contribution in [1.29, 1.82) is 0 Å². The molecule has 2 aromatic rings. The van der Waals surface area contributed by atoms with Crippen LogP contribution in [-0.4, -0.2) is 25.4 Å². The van der Waals surface area contributed by atoms with Crippen LogP contribution in [0.4, 0.5) is 0 Å². The van der Waals surface area contributed by atoms with E-state index < -0.39 is 0 Å². The Labute approximate surface area is 159 Å². The first-order valence-electron chi connectivity index (χ1n) is 7.30. The van der Waals surface area contributed by atoms with Gasteiger partial charge in [0.15, 0.2) is 11.5 Å². The van der Waals surface area contributed by atoms with E-state index in [1.807, 2.05) is 18.2 Å². The normalized spacial score (nSPS) is 10.7. The van der Waals surface area contributed by atoms with Crippen molar-refractivity contribution in [2.75, 3.05) is 20.3 Å². The lowest BCUT2D eigenvalue weighted by molar-refractivity contribution is 0.277. The van der Waals surface area contributed by atoms with Crippen molar-refractivity contribution >= 4 is 39.1 Å². The van der Waals surface area contributed by atoms with Gasteiger partial charge in [0.1, 0.15) is 6.61 Å². The van der Waals surface area contributed by atoms with E-state index in [2.05, 4.69) is 21.2 Å². The van der Waals surface area contributed by atoms with Gasteiger partial charge in [-0.2, -0.15) is 0 Å². The molecule has 0 aliphatic heterocycles. The molecular formula is C17H18BrCl2NO3. The van der Waals surface area contributed by atoms with Crippen molar-refractivity contribution < 1.29 is 14.6 Å². The molecule has 2 rings (SSSR count). The van der Waals surface area contributed by atoms with E-state index in [9.17, 15) is 0 Å². The Kier molecular flexibility index (Phi) is 7.65. The van der Waals surface area contributed by atoms with Gasteiger partial charge in [-0.25, -0.2) is 0 Å². The summed E-state index contributed by atoms with van der Waals surface area (Å²) in [7, 11) is 1.59. The summed E-state index contributed by atoms with van der Waals surface area (Å²) < 4.78 is 12.3. The van der Waals surface area contributed by atoms with Crippen molar-refractivity contribution in [3.8, 4) is 11.5 Å². The lowest BCUT2D eigenvalue weighted by Gasteiger charge is -2.17. The highest BCUT2D eigenvalue weighted by Crippen LogP contribution is 2.37. The molecule has 0 amide bonds. The Bertz CT molecular complexity index is 698. The van der Waals surface area contributed by atoms with E-state index in [0.717, 1.165) is 15.6 Å². The Morgan fingerprint density at radius 3 is 2.67 bits per heavy atom. The molecule has 0 bridgehead atoms. The van der Waals surface area contributed by atoms with Gasteiger partial charge in [0.2, 0.25) is 0 Å². The summed E-state index contributed by atoms with van der Waals surface area (Å²) in [5.41, 5.74) is 1.74. The van der Waals surface area contributed by atoms with Gasteiger partial charge in [0, 0.05) is 38.7 Å². The SMILES string of the molecule is COc1ccc(Br)c(CNCCO)c1OCc1ccc(Cl)cc1Cl. The third-order valence-electron chi connectivity index (χ3n) is 3.36.